The van der Waals surface area contributed by atoms with Crippen LogP contribution in [0.3, 0.4) is 0 Å². The highest BCUT2D eigenvalue weighted by atomic mass is 16.5. The number of hydrogen-bond donors (Lipinski definition) is 1. The Hall–Kier alpha value is -2.41. The molecule has 0 radical (unpaired) electrons. The summed E-state index contributed by atoms with van der Waals surface area (Å²) in [5.74, 6) is 0.739. The Morgan fingerprint density at radius 2 is 2.18 bits per heavy atom. The highest BCUT2D eigenvalue weighted by Gasteiger charge is 2.14. The number of carbonyl (C=O) groups excluding carboxylic acids is 1. The first-order valence-corrected chi connectivity index (χ1v) is 7.35. The fourth-order valence-electron chi connectivity index (χ4n) is 2.34. The molecule has 1 N–H and O–H groups in total. The van der Waals surface area contributed by atoms with Gasteiger partial charge in [0.05, 0.1) is 19.5 Å². The van der Waals surface area contributed by atoms with Crippen molar-refractivity contribution in [2.45, 2.75) is 6.54 Å². The van der Waals surface area contributed by atoms with E-state index >= 15 is 0 Å². The predicted octanol–water partition coefficient (Wildman–Crippen LogP) is 0.545. The number of pyridine rings is 1. The summed E-state index contributed by atoms with van der Waals surface area (Å²) in [6, 6.07) is 3.56. The van der Waals surface area contributed by atoms with E-state index in [9.17, 15) is 4.79 Å². The van der Waals surface area contributed by atoms with E-state index in [1.807, 2.05) is 16.8 Å². The van der Waals surface area contributed by atoms with Crippen LogP contribution in [0.25, 0.3) is 0 Å². The average molecular weight is 301 g/mol. The summed E-state index contributed by atoms with van der Waals surface area (Å²) in [5, 5.41) is 2.91. The molecule has 1 fully saturated rings. The number of nitrogens with one attached hydrogen (secondary N) is 1. The van der Waals surface area contributed by atoms with Crippen LogP contribution >= 0.6 is 0 Å². The van der Waals surface area contributed by atoms with Crippen LogP contribution in [0.5, 0.6) is 0 Å². The molecule has 2 aromatic heterocycles. The van der Waals surface area contributed by atoms with Crippen molar-refractivity contribution in [1.82, 2.24) is 19.9 Å². The van der Waals surface area contributed by atoms with E-state index in [0.717, 1.165) is 18.9 Å². The van der Waals surface area contributed by atoms with Gasteiger partial charge in [0.2, 0.25) is 0 Å². The van der Waals surface area contributed by atoms with Gasteiger partial charge in [0.1, 0.15) is 5.82 Å². The number of carbonyl (C=O) groups is 1. The van der Waals surface area contributed by atoms with Gasteiger partial charge >= 0.3 is 0 Å². The lowest BCUT2D eigenvalue weighted by atomic mass is 10.2. The van der Waals surface area contributed by atoms with E-state index in [-0.39, 0.29) is 5.91 Å². The van der Waals surface area contributed by atoms with Gasteiger partial charge in [-0.3, -0.25) is 4.79 Å². The molecule has 0 atom stereocenters. The molecule has 1 saturated heterocycles. The summed E-state index contributed by atoms with van der Waals surface area (Å²) < 4.78 is 7.25. The molecule has 0 saturated carbocycles. The molecular formula is C15H19N5O2. The van der Waals surface area contributed by atoms with Crippen molar-refractivity contribution >= 4 is 11.7 Å². The molecule has 1 amide bonds. The molecule has 1 aliphatic heterocycles. The Morgan fingerprint density at radius 1 is 1.32 bits per heavy atom. The lowest BCUT2D eigenvalue weighted by Crippen LogP contribution is -2.37. The Morgan fingerprint density at radius 3 is 2.95 bits per heavy atom. The number of imidazole rings is 1. The Balaban J connectivity index is 1.57. The van der Waals surface area contributed by atoms with Gasteiger partial charge < -0.3 is 19.5 Å². The number of anilines is 1. The normalized spacial score (nSPS) is 14.8. The summed E-state index contributed by atoms with van der Waals surface area (Å²) in [7, 11) is 0. The van der Waals surface area contributed by atoms with E-state index in [0.29, 0.717) is 31.9 Å². The van der Waals surface area contributed by atoms with Crippen LogP contribution in [0.2, 0.25) is 0 Å². The number of ether oxygens (including phenoxy) is 1. The van der Waals surface area contributed by atoms with E-state index in [4.69, 9.17) is 4.74 Å². The number of rotatable bonds is 5. The predicted molar refractivity (Wildman–Crippen MR) is 81.8 cm³/mol. The van der Waals surface area contributed by atoms with E-state index in [2.05, 4.69) is 20.2 Å². The van der Waals surface area contributed by atoms with Crippen molar-refractivity contribution in [3.05, 3.63) is 42.6 Å². The molecule has 0 aliphatic carbocycles. The SMILES string of the molecule is O=C(NCCn1ccnc1)c1ccnc(N2CCOCC2)c1. The monoisotopic (exact) mass is 301 g/mol. The van der Waals surface area contributed by atoms with Gasteiger partial charge in [-0.1, -0.05) is 0 Å². The maximum Gasteiger partial charge on any atom is 0.251 e. The molecule has 3 heterocycles. The van der Waals surface area contributed by atoms with E-state index in [1.54, 1.807) is 24.8 Å². The third kappa shape index (κ3) is 3.62. The lowest BCUT2D eigenvalue weighted by molar-refractivity contribution is 0.0952. The molecule has 0 unspecified atom stereocenters. The third-order valence-corrected chi connectivity index (χ3v) is 3.56. The second kappa shape index (κ2) is 7.04. The van der Waals surface area contributed by atoms with Crippen LogP contribution in [0.4, 0.5) is 5.82 Å². The topological polar surface area (TPSA) is 72.3 Å². The number of aromatic nitrogens is 3. The van der Waals surface area contributed by atoms with Gasteiger partial charge in [0.25, 0.3) is 5.91 Å². The Bertz CT molecular complexity index is 608. The zero-order valence-electron chi connectivity index (χ0n) is 12.3. The number of amides is 1. The van der Waals surface area contributed by atoms with Crippen molar-refractivity contribution in [3.63, 3.8) is 0 Å². The Kier molecular flexibility index (Phi) is 4.65. The summed E-state index contributed by atoms with van der Waals surface area (Å²) in [6.45, 7) is 4.26. The molecular weight excluding hydrogens is 282 g/mol. The molecule has 0 bridgehead atoms. The number of nitrogens with zero attached hydrogens (tertiary/aromatic N) is 4. The van der Waals surface area contributed by atoms with Crippen LogP contribution in [0.1, 0.15) is 10.4 Å². The summed E-state index contributed by atoms with van der Waals surface area (Å²) in [6.07, 6.45) is 7.00. The van der Waals surface area contributed by atoms with Gasteiger partial charge in [-0.25, -0.2) is 9.97 Å². The minimum absolute atomic E-state index is 0.0861. The van der Waals surface area contributed by atoms with Crippen LogP contribution in [0, 0.1) is 0 Å². The zero-order chi connectivity index (χ0) is 15.2. The average Bonchev–Trinajstić information content (AvgIpc) is 3.09. The van der Waals surface area contributed by atoms with E-state index in [1.165, 1.54) is 0 Å². The van der Waals surface area contributed by atoms with Crippen LogP contribution in [-0.4, -0.2) is 53.3 Å². The van der Waals surface area contributed by atoms with Crippen molar-refractivity contribution in [2.75, 3.05) is 37.7 Å². The molecule has 0 aromatic carbocycles. The van der Waals surface area contributed by atoms with E-state index < -0.39 is 0 Å². The molecule has 3 rings (SSSR count). The second-order valence-electron chi connectivity index (χ2n) is 5.06. The molecule has 7 heteroatoms. The Labute approximate surface area is 128 Å². The van der Waals surface area contributed by atoms with Crippen molar-refractivity contribution in [1.29, 1.82) is 0 Å². The lowest BCUT2D eigenvalue weighted by Gasteiger charge is -2.27. The first-order chi connectivity index (χ1) is 10.8. The molecule has 2 aromatic rings. The van der Waals surface area contributed by atoms with Gasteiger partial charge in [-0.15, -0.1) is 0 Å². The first kappa shape index (κ1) is 14.5. The molecule has 1 aliphatic rings. The largest absolute Gasteiger partial charge is 0.378 e. The highest BCUT2D eigenvalue weighted by Crippen LogP contribution is 2.14. The molecule has 116 valence electrons. The fourth-order valence-corrected chi connectivity index (χ4v) is 2.34. The second-order valence-corrected chi connectivity index (χ2v) is 5.06. The highest BCUT2D eigenvalue weighted by molar-refractivity contribution is 5.94. The minimum atomic E-state index is -0.0861. The standard InChI is InChI=1S/C15H19N5O2/c21-15(18-4-6-19-5-3-16-12-19)13-1-2-17-14(11-13)20-7-9-22-10-8-20/h1-3,5,11-12H,4,6-10H2,(H,18,21). The fraction of sp³-hybridized carbons (Fsp3) is 0.400. The number of morpholine rings is 1. The smallest absolute Gasteiger partial charge is 0.251 e. The van der Waals surface area contributed by atoms with Crippen LogP contribution in [-0.2, 0) is 11.3 Å². The van der Waals surface area contributed by atoms with Gasteiger partial charge in [-0.05, 0) is 12.1 Å². The first-order valence-electron chi connectivity index (χ1n) is 7.35. The maximum atomic E-state index is 12.2. The molecule has 22 heavy (non-hydrogen) atoms. The zero-order valence-corrected chi connectivity index (χ0v) is 12.3. The number of hydrogen-bond acceptors (Lipinski definition) is 5. The van der Waals surface area contributed by atoms with Crippen molar-refractivity contribution < 1.29 is 9.53 Å². The van der Waals surface area contributed by atoms with Gasteiger partial charge in [-0.2, -0.15) is 0 Å². The van der Waals surface area contributed by atoms with Crippen LogP contribution in [0.15, 0.2) is 37.1 Å². The molecule has 7 nitrogen and oxygen atoms in total. The summed E-state index contributed by atoms with van der Waals surface area (Å²) in [5.41, 5.74) is 0.627. The quantitative estimate of drug-likeness (QED) is 0.873. The maximum absolute atomic E-state index is 12.2. The summed E-state index contributed by atoms with van der Waals surface area (Å²) in [4.78, 5) is 22.6. The van der Waals surface area contributed by atoms with Crippen LogP contribution < -0.4 is 10.2 Å². The van der Waals surface area contributed by atoms with Gasteiger partial charge in [0, 0.05) is 50.3 Å². The minimum Gasteiger partial charge on any atom is -0.378 e. The van der Waals surface area contributed by atoms with Gasteiger partial charge in [0.15, 0.2) is 0 Å². The summed E-state index contributed by atoms with van der Waals surface area (Å²) >= 11 is 0. The molecule has 0 spiro atoms. The van der Waals surface area contributed by atoms with Crippen molar-refractivity contribution in [2.24, 2.45) is 0 Å². The third-order valence-electron chi connectivity index (χ3n) is 3.56. The van der Waals surface area contributed by atoms with Crippen molar-refractivity contribution in [3.8, 4) is 0 Å².